The highest BCUT2D eigenvalue weighted by atomic mass is 16.5. The molecule has 6 nitrogen and oxygen atoms in total. The van der Waals surface area contributed by atoms with Gasteiger partial charge in [-0.2, -0.15) is 0 Å². The molecule has 2 aromatic rings. The van der Waals surface area contributed by atoms with Gasteiger partial charge in [0, 0.05) is 22.9 Å². The number of nitrogens with one attached hydrogen (secondary N) is 2. The number of rotatable bonds is 5. The molecular formula is C19H20N2O4. The quantitative estimate of drug-likeness (QED) is 0.820. The van der Waals surface area contributed by atoms with Gasteiger partial charge in [-0.25, -0.2) is 4.79 Å². The second-order valence-corrected chi connectivity index (χ2v) is 5.74. The molecule has 0 saturated heterocycles. The molecule has 0 heterocycles. The standard InChI is InChI=1S/C19H20N2O4/c1-12(2)20-17(22)14-7-5-9-16(11-14)21-18(23)13-6-4-8-15(10-13)19(24)25-3/h4-12H,1-3H3,(H,20,22)(H,21,23). The third-order valence-corrected chi connectivity index (χ3v) is 3.35. The van der Waals surface area contributed by atoms with Gasteiger partial charge in [-0.3, -0.25) is 9.59 Å². The smallest absolute Gasteiger partial charge is 0.337 e. The van der Waals surface area contributed by atoms with Crippen LogP contribution in [0.15, 0.2) is 48.5 Å². The highest BCUT2D eigenvalue weighted by Gasteiger charge is 2.12. The minimum atomic E-state index is -0.512. The number of esters is 1. The highest BCUT2D eigenvalue weighted by Crippen LogP contribution is 2.14. The van der Waals surface area contributed by atoms with Crippen molar-refractivity contribution in [2.75, 3.05) is 12.4 Å². The third kappa shape index (κ3) is 4.91. The van der Waals surface area contributed by atoms with E-state index < -0.39 is 5.97 Å². The number of carbonyl (C=O) groups excluding carboxylic acids is 3. The van der Waals surface area contributed by atoms with Crippen molar-refractivity contribution >= 4 is 23.5 Å². The average Bonchev–Trinajstić information content (AvgIpc) is 2.60. The first-order valence-electron chi connectivity index (χ1n) is 7.81. The molecule has 0 bridgehead atoms. The van der Waals surface area contributed by atoms with Crippen molar-refractivity contribution in [1.82, 2.24) is 5.32 Å². The maximum absolute atomic E-state index is 12.4. The van der Waals surface area contributed by atoms with E-state index in [9.17, 15) is 14.4 Å². The number of ether oxygens (including phenoxy) is 1. The molecular weight excluding hydrogens is 320 g/mol. The van der Waals surface area contributed by atoms with Crippen LogP contribution in [0.4, 0.5) is 5.69 Å². The predicted molar refractivity (Wildman–Crippen MR) is 94.8 cm³/mol. The molecule has 6 heteroatoms. The van der Waals surface area contributed by atoms with Gasteiger partial charge in [-0.05, 0) is 50.2 Å². The Morgan fingerprint density at radius 1 is 0.880 bits per heavy atom. The number of hydrogen-bond donors (Lipinski definition) is 2. The molecule has 0 saturated carbocycles. The summed E-state index contributed by atoms with van der Waals surface area (Å²) in [5.74, 6) is -1.10. The molecule has 0 atom stereocenters. The summed E-state index contributed by atoms with van der Waals surface area (Å²) in [6.45, 7) is 3.75. The van der Waals surface area contributed by atoms with Gasteiger partial charge in [0.15, 0.2) is 0 Å². The number of hydrogen-bond acceptors (Lipinski definition) is 4. The Balaban J connectivity index is 2.16. The topological polar surface area (TPSA) is 84.5 Å². The van der Waals surface area contributed by atoms with Crippen LogP contribution in [0, 0.1) is 0 Å². The van der Waals surface area contributed by atoms with Crippen molar-refractivity contribution in [1.29, 1.82) is 0 Å². The maximum Gasteiger partial charge on any atom is 0.337 e. The molecule has 0 radical (unpaired) electrons. The van der Waals surface area contributed by atoms with Crippen LogP contribution in [-0.2, 0) is 4.74 Å². The van der Waals surface area contributed by atoms with E-state index in [2.05, 4.69) is 15.4 Å². The van der Waals surface area contributed by atoms with Gasteiger partial charge in [-0.15, -0.1) is 0 Å². The van der Waals surface area contributed by atoms with Crippen LogP contribution in [0.25, 0.3) is 0 Å². The first-order valence-corrected chi connectivity index (χ1v) is 7.81. The normalized spacial score (nSPS) is 10.2. The van der Waals surface area contributed by atoms with Crippen LogP contribution in [0.2, 0.25) is 0 Å². The van der Waals surface area contributed by atoms with E-state index in [-0.39, 0.29) is 17.9 Å². The minimum Gasteiger partial charge on any atom is -0.465 e. The van der Waals surface area contributed by atoms with Crippen LogP contribution in [0.5, 0.6) is 0 Å². The summed E-state index contributed by atoms with van der Waals surface area (Å²) < 4.78 is 4.65. The van der Waals surface area contributed by atoms with Crippen molar-refractivity contribution in [3.05, 3.63) is 65.2 Å². The Labute approximate surface area is 146 Å². The number of benzene rings is 2. The van der Waals surface area contributed by atoms with Crippen molar-refractivity contribution in [3.63, 3.8) is 0 Å². The number of carbonyl (C=O) groups is 3. The second kappa shape index (κ2) is 8.10. The number of amides is 2. The Kier molecular flexibility index (Phi) is 5.89. The van der Waals surface area contributed by atoms with Gasteiger partial charge in [0.2, 0.25) is 0 Å². The molecule has 2 amide bonds. The molecule has 2 rings (SSSR count). The van der Waals surface area contributed by atoms with E-state index in [4.69, 9.17) is 0 Å². The first-order chi connectivity index (χ1) is 11.9. The molecule has 0 aliphatic rings. The molecule has 0 unspecified atom stereocenters. The molecule has 0 aliphatic heterocycles. The minimum absolute atomic E-state index is 0.0202. The van der Waals surface area contributed by atoms with Crippen molar-refractivity contribution in [3.8, 4) is 0 Å². The summed E-state index contributed by atoms with van der Waals surface area (Å²) in [6, 6.07) is 12.9. The molecule has 0 aromatic heterocycles. The lowest BCUT2D eigenvalue weighted by atomic mass is 10.1. The summed E-state index contributed by atoms with van der Waals surface area (Å²) in [6.07, 6.45) is 0. The second-order valence-electron chi connectivity index (χ2n) is 5.74. The molecule has 0 fully saturated rings. The Hall–Kier alpha value is -3.15. The van der Waals surface area contributed by atoms with Crippen molar-refractivity contribution in [2.45, 2.75) is 19.9 Å². The highest BCUT2D eigenvalue weighted by molar-refractivity contribution is 6.06. The Morgan fingerprint density at radius 2 is 1.48 bits per heavy atom. The molecule has 130 valence electrons. The Bertz CT molecular complexity index is 800. The zero-order valence-corrected chi connectivity index (χ0v) is 14.3. The van der Waals surface area contributed by atoms with Gasteiger partial charge in [-0.1, -0.05) is 12.1 Å². The summed E-state index contributed by atoms with van der Waals surface area (Å²) in [5, 5.41) is 5.51. The van der Waals surface area contributed by atoms with Gasteiger partial charge in [0.25, 0.3) is 11.8 Å². The molecule has 2 aromatic carbocycles. The summed E-state index contributed by atoms with van der Waals surface area (Å²) >= 11 is 0. The van der Waals surface area contributed by atoms with Gasteiger partial charge >= 0.3 is 5.97 Å². The SMILES string of the molecule is COC(=O)c1cccc(C(=O)Nc2cccc(C(=O)NC(C)C)c2)c1. The van der Waals surface area contributed by atoms with E-state index in [0.717, 1.165) is 0 Å². The number of anilines is 1. The fourth-order valence-corrected chi connectivity index (χ4v) is 2.19. The van der Waals surface area contributed by atoms with E-state index in [1.807, 2.05) is 13.8 Å². The van der Waals surface area contributed by atoms with Gasteiger partial charge in [0.1, 0.15) is 0 Å². The largest absolute Gasteiger partial charge is 0.465 e. The van der Waals surface area contributed by atoms with Crippen LogP contribution >= 0.6 is 0 Å². The fourth-order valence-electron chi connectivity index (χ4n) is 2.19. The summed E-state index contributed by atoms with van der Waals surface area (Å²) in [4.78, 5) is 36.0. The Morgan fingerprint density at radius 3 is 2.12 bits per heavy atom. The molecule has 0 aliphatic carbocycles. The molecule has 2 N–H and O–H groups in total. The van der Waals surface area contributed by atoms with E-state index in [1.54, 1.807) is 42.5 Å². The lowest BCUT2D eigenvalue weighted by Crippen LogP contribution is -2.30. The summed E-state index contributed by atoms with van der Waals surface area (Å²) in [5.41, 5.74) is 1.56. The zero-order valence-electron chi connectivity index (χ0n) is 14.3. The molecule has 25 heavy (non-hydrogen) atoms. The first kappa shape index (κ1) is 18.2. The summed E-state index contributed by atoms with van der Waals surface area (Å²) in [7, 11) is 1.28. The van der Waals surface area contributed by atoms with Gasteiger partial charge < -0.3 is 15.4 Å². The number of methoxy groups -OCH3 is 1. The van der Waals surface area contributed by atoms with E-state index in [1.165, 1.54) is 13.2 Å². The lowest BCUT2D eigenvalue weighted by Gasteiger charge is -2.10. The van der Waals surface area contributed by atoms with Crippen LogP contribution in [0.3, 0.4) is 0 Å². The van der Waals surface area contributed by atoms with Crippen molar-refractivity contribution in [2.24, 2.45) is 0 Å². The third-order valence-electron chi connectivity index (χ3n) is 3.35. The predicted octanol–water partition coefficient (Wildman–Crippen LogP) is 2.86. The van der Waals surface area contributed by atoms with E-state index in [0.29, 0.717) is 22.4 Å². The average molecular weight is 340 g/mol. The van der Waals surface area contributed by atoms with Crippen LogP contribution < -0.4 is 10.6 Å². The van der Waals surface area contributed by atoms with Gasteiger partial charge in [0.05, 0.1) is 12.7 Å². The van der Waals surface area contributed by atoms with Crippen LogP contribution in [-0.4, -0.2) is 30.9 Å². The monoisotopic (exact) mass is 340 g/mol. The van der Waals surface area contributed by atoms with E-state index >= 15 is 0 Å². The van der Waals surface area contributed by atoms with Crippen molar-refractivity contribution < 1.29 is 19.1 Å². The zero-order chi connectivity index (χ0) is 18.4. The maximum atomic E-state index is 12.4. The van der Waals surface area contributed by atoms with Crippen LogP contribution in [0.1, 0.15) is 44.9 Å². The fraction of sp³-hybridized carbons (Fsp3) is 0.211. The lowest BCUT2D eigenvalue weighted by molar-refractivity contribution is 0.0600. The molecule has 0 spiro atoms.